The van der Waals surface area contributed by atoms with Gasteiger partial charge >= 0.3 is 0 Å². The zero-order valence-corrected chi connectivity index (χ0v) is 18.3. The number of hydrogen-bond acceptors (Lipinski definition) is 4. The quantitative estimate of drug-likeness (QED) is 0.530. The molecule has 0 aliphatic heterocycles. The standard InChI is InChI=1S/C27H31NO3/c1-19(2)28-24-15-13-23-22(26(24)29)14-16-25(30-17-20-9-5-3-6-10-20)27(23)31-18-21-11-7-4-8-12-21/h3-12,14,16,19,24,26,28-29H,13,15,17-18H2,1-2H3/t24?,26-/m1/s1. The minimum Gasteiger partial charge on any atom is -0.485 e. The minimum atomic E-state index is -0.562. The second-order valence-electron chi connectivity index (χ2n) is 8.42. The lowest BCUT2D eigenvalue weighted by molar-refractivity contribution is 0.109. The van der Waals surface area contributed by atoms with Gasteiger partial charge in [0.1, 0.15) is 13.2 Å². The summed E-state index contributed by atoms with van der Waals surface area (Å²) in [7, 11) is 0. The highest BCUT2D eigenvalue weighted by Crippen LogP contribution is 2.42. The van der Waals surface area contributed by atoms with Crippen molar-refractivity contribution in [3.63, 3.8) is 0 Å². The van der Waals surface area contributed by atoms with Gasteiger partial charge in [-0.25, -0.2) is 0 Å². The first kappa shape index (κ1) is 21.4. The van der Waals surface area contributed by atoms with Crippen LogP contribution in [0.15, 0.2) is 72.8 Å². The molecule has 1 unspecified atom stereocenters. The Morgan fingerprint density at radius 2 is 1.48 bits per heavy atom. The zero-order valence-electron chi connectivity index (χ0n) is 18.3. The molecule has 0 spiro atoms. The molecule has 1 aliphatic rings. The van der Waals surface area contributed by atoms with Crippen LogP contribution in [0.5, 0.6) is 11.5 Å². The average Bonchev–Trinajstić information content (AvgIpc) is 2.79. The van der Waals surface area contributed by atoms with Gasteiger partial charge in [-0.2, -0.15) is 0 Å². The molecule has 4 nitrogen and oxygen atoms in total. The molecule has 2 atom stereocenters. The molecule has 1 aliphatic carbocycles. The van der Waals surface area contributed by atoms with E-state index in [2.05, 4.69) is 43.4 Å². The van der Waals surface area contributed by atoms with Gasteiger partial charge in [0.2, 0.25) is 0 Å². The molecule has 3 aromatic carbocycles. The number of rotatable bonds is 8. The Morgan fingerprint density at radius 1 is 0.871 bits per heavy atom. The van der Waals surface area contributed by atoms with Gasteiger partial charge in [-0.3, -0.25) is 0 Å². The third-order valence-corrected chi connectivity index (χ3v) is 5.68. The van der Waals surface area contributed by atoms with E-state index in [9.17, 15) is 5.11 Å². The number of hydrogen-bond donors (Lipinski definition) is 2. The summed E-state index contributed by atoms with van der Waals surface area (Å²) in [6.07, 6.45) is 1.13. The maximum atomic E-state index is 11.0. The molecule has 0 heterocycles. The molecule has 0 aromatic heterocycles. The average molecular weight is 418 g/mol. The van der Waals surface area contributed by atoms with Gasteiger partial charge in [0.05, 0.1) is 6.10 Å². The first-order chi connectivity index (χ1) is 15.1. The van der Waals surface area contributed by atoms with Crippen LogP contribution in [0.2, 0.25) is 0 Å². The summed E-state index contributed by atoms with van der Waals surface area (Å²) in [5, 5.41) is 14.5. The van der Waals surface area contributed by atoms with Crippen molar-refractivity contribution in [2.24, 2.45) is 0 Å². The molecule has 0 saturated heterocycles. The van der Waals surface area contributed by atoms with Crippen LogP contribution in [-0.2, 0) is 19.6 Å². The summed E-state index contributed by atoms with van der Waals surface area (Å²) in [6, 6.07) is 24.5. The second-order valence-corrected chi connectivity index (χ2v) is 8.42. The minimum absolute atomic E-state index is 0.0468. The smallest absolute Gasteiger partial charge is 0.165 e. The van der Waals surface area contributed by atoms with Crippen LogP contribution in [0.25, 0.3) is 0 Å². The largest absolute Gasteiger partial charge is 0.485 e. The number of aliphatic hydroxyl groups excluding tert-OH is 1. The normalized spacial score (nSPS) is 17.9. The molecular weight excluding hydrogens is 386 g/mol. The van der Waals surface area contributed by atoms with Gasteiger partial charge in [-0.05, 0) is 35.6 Å². The van der Waals surface area contributed by atoms with Crippen molar-refractivity contribution in [2.75, 3.05) is 0 Å². The summed E-state index contributed by atoms with van der Waals surface area (Å²) in [5.74, 6) is 1.47. The van der Waals surface area contributed by atoms with Crippen LogP contribution in [0, 0.1) is 0 Å². The number of ether oxygens (including phenoxy) is 2. The lowest BCUT2D eigenvalue weighted by Crippen LogP contribution is -2.42. The fraction of sp³-hybridized carbons (Fsp3) is 0.333. The van der Waals surface area contributed by atoms with Crippen molar-refractivity contribution in [3.8, 4) is 11.5 Å². The highest BCUT2D eigenvalue weighted by Gasteiger charge is 2.31. The van der Waals surface area contributed by atoms with E-state index in [1.54, 1.807) is 0 Å². The number of aliphatic hydroxyl groups is 1. The fourth-order valence-corrected chi connectivity index (χ4v) is 4.17. The van der Waals surface area contributed by atoms with E-state index < -0.39 is 6.10 Å². The SMILES string of the molecule is CC(C)NC1CCc2c(ccc(OCc3ccccc3)c2OCc2ccccc2)[C@H]1O. The van der Waals surface area contributed by atoms with Gasteiger partial charge in [-0.15, -0.1) is 0 Å². The van der Waals surface area contributed by atoms with Crippen molar-refractivity contribution < 1.29 is 14.6 Å². The monoisotopic (exact) mass is 417 g/mol. The Bertz CT molecular complexity index is 973. The van der Waals surface area contributed by atoms with E-state index in [0.717, 1.165) is 46.6 Å². The van der Waals surface area contributed by atoms with Crippen LogP contribution >= 0.6 is 0 Å². The third kappa shape index (κ3) is 5.27. The van der Waals surface area contributed by atoms with Crippen LogP contribution < -0.4 is 14.8 Å². The van der Waals surface area contributed by atoms with E-state index in [0.29, 0.717) is 19.3 Å². The van der Waals surface area contributed by atoms with Crippen LogP contribution in [0.4, 0.5) is 0 Å². The third-order valence-electron chi connectivity index (χ3n) is 5.68. The lowest BCUT2D eigenvalue weighted by Gasteiger charge is -2.33. The van der Waals surface area contributed by atoms with Gasteiger partial charge in [0, 0.05) is 17.6 Å². The molecule has 162 valence electrons. The molecule has 3 aromatic rings. The van der Waals surface area contributed by atoms with Crippen molar-refractivity contribution >= 4 is 0 Å². The lowest BCUT2D eigenvalue weighted by atomic mass is 9.84. The van der Waals surface area contributed by atoms with E-state index in [1.807, 2.05) is 48.5 Å². The van der Waals surface area contributed by atoms with Crippen LogP contribution in [-0.4, -0.2) is 17.2 Å². The van der Waals surface area contributed by atoms with E-state index in [-0.39, 0.29) is 6.04 Å². The van der Waals surface area contributed by atoms with Crippen LogP contribution in [0.3, 0.4) is 0 Å². The van der Waals surface area contributed by atoms with Gasteiger partial charge in [0.25, 0.3) is 0 Å². The maximum Gasteiger partial charge on any atom is 0.165 e. The molecule has 31 heavy (non-hydrogen) atoms. The first-order valence-electron chi connectivity index (χ1n) is 11.0. The highest BCUT2D eigenvalue weighted by atomic mass is 16.5. The van der Waals surface area contributed by atoms with E-state index >= 15 is 0 Å². The predicted molar refractivity (Wildman–Crippen MR) is 123 cm³/mol. The van der Waals surface area contributed by atoms with Crippen LogP contribution in [0.1, 0.15) is 48.6 Å². The molecule has 0 bridgehead atoms. The predicted octanol–water partition coefficient (Wildman–Crippen LogP) is 5.19. The van der Waals surface area contributed by atoms with Crippen molar-refractivity contribution in [3.05, 3.63) is 95.1 Å². The molecule has 0 radical (unpaired) electrons. The Labute approximate surface area is 184 Å². The number of benzene rings is 3. The fourth-order valence-electron chi connectivity index (χ4n) is 4.17. The number of nitrogens with one attached hydrogen (secondary N) is 1. The van der Waals surface area contributed by atoms with Gasteiger partial charge < -0.3 is 19.9 Å². The molecule has 0 saturated carbocycles. The maximum absolute atomic E-state index is 11.0. The van der Waals surface area contributed by atoms with Gasteiger partial charge in [0.15, 0.2) is 11.5 Å². The Kier molecular flexibility index (Phi) is 6.90. The summed E-state index contributed by atoms with van der Waals surface area (Å²) < 4.78 is 12.5. The second kappa shape index (κ2) is 9.99. The highest BCUT2D eigenvalue weighted by molar-refractivity contribution is 5.53. The number of fused-ring (bicyclic) bond motifs is 1. The molecular formula is C27H31NO3. The molecule has 2 N–H and O–H groups in total. The Hall–Kier alpha value is -2.82. The zero-order chi connectivity index (χ0) is 21.6. The first-order valence-corrected chi connectivity index (χ1v) is 11.0. The molecule has 4 rings (SSSR count). The topological polar surface area (TPSA) is 50.7 Å². The summed E-state index contributed by atoms with van der Waals surface area (Å²) in [6.45, 7) is 5.15. The van der Waals surface area contributed by atoms with Crippen molar-refractivity contribution in [1.29, 1.82) is 0 Å². The summed E-state index contributed by atoms with van der Waals surface area (Å²) in [5.41, 5.74) is 4.19. The van der Waals surface area contributed by atoms with Gasteiger partial charge in [-0.1, -0.05) is 80.6 Å². The molecule has 0 amide bonds. The Morgan fingerprint density at radius 3 is 2.10 bits per heavy atom. The molecule has 4 heteroatoms. The summed E-state index contributed by atoms with van der Waals surface area (Å²) in [4.78, 5) is 0. The van der Waals surface area contributed by atoms with Crippen molar-refractivity contribution in [1.82, 2.24) is 5.32 Å². The Balaban J connectivity index is 1.61. The van der Waals surface area contributed by atoms with E-state index in [1.165, 1.54) is 0 Å². The summed E-state index contributed by atoms with van der Waals surface area (Å²) >= 11 is 0. The van der Waals surface area contributed by atoms with Crippen molar-refractivity contribution in [2.45, 2.75) is 58.1 Å². The van der Waals surface area contributed by atoms with E-state index in [4.69, 9.17) is 9.47 Å². The molecule has 0 fully saturated rings.